The van der Waals surface area contributed by atoms with Crippen LogP contribution in [-0.2, 0) is 0 Å². The van der Waals surface area contributed by atoms with E-state index in [-0.39, 0.29) is 11.0 Å². The number of benzene rings is 1. The summed E-state index contributed by atoms with van der Waals surface area (Å²) in [5.74, 6) is -0.475. The molecule has 0 unspecified atom stereocenters. The van der Waals surface area contributed by atoms with Crippen molar-refractivity contribution in [2.24, 2.45) is 0 Å². The third-order valence-electron chi connectivity index (χ3n) is 3.26. The SMILES string of the molecule is CC(C)n1ccc2cc(-c3nc(Cl)ncc3F)ccc21. The van der Waals surface area contributed by atoms with Crippen molar-refractivity contribution in [3.63, 3.8) is 0 Å². The lowest BCUT2D eigenvalue weighted by molar-refractivity contribution is 0.618. The van der Waals surface area contributed by atoms with Crippen LogP contribution in [0.25, 0.3) is 22.2 Å². The first-order valence-corrected chi connectivity index (χ1v) is 6.73. The number of halogens is 2. The van der Waals surface area contributed by atoms with E-state index < -0.39 is 5.82 Å². The molecule has 3 nitrogen and oxygen atoms in total. The fourth-order valence-corrected chi connectivity index (χ4v) is 2.44. The van der Waals surface area contributed by atoms with E-state index in [1.807, 2.05) is 30.5 Å². The number of aromatic nitrogens is 3. The van der Waals surface area contributed by atoms with Crippen molar-refractivity contribution in [3.8, 4) is 11.3 Å². The van der Waals surface area contributed by atoms with Gasteiger partial charge in [-0.25, -0.2) is 14.4 Å². The molecule has 0 spiro atoms. The lowest BCUT2D eigenvalue weighted by Crippen LogP contribution is -1.98. The van der Waals surface area contributed by atoms with Crippen molar-refractivity contribution >= 4 is 22.5 Å². The van der Waals surface area contributed by atoms with Crippen molar-refractivity contribution in [2.45, 2.75) is 19.9 Å². The Morgan fingerprint density at radius 1 is 1.25 bits per heavy atom. The van der Waals surface area contributed by atoms with Gasteiger partial charge in [-0.05, 0) is 43.6 Å². The van der Waals surface area contributed by atoms with Gasteiger partial charge in [0.2, 0.25) is 5.28 Å². The Bertz CT molecular complexity index is 780. The maximum Gasteiger partial charge on any atom is 0.223 e. The average molecular weight is 290 g/mol. The summed E-state index contributed by atoms with van der Waals surface area (Å²) in [4.78, 5) is 7.59. The van der Waals surface area contributed by atoms with Crippen LogP contribution in [0.15, 0.2) is 36.7 Å². The molecule has 1 aromatic carbocycles. The summed E-state index contributed by atoms with van der Waals surface area (Å²) in [5, 5.41) is 1.09. The number of nitrogens with zero attached hydrogens (tertiary/aromatic N) is 3. The Kier molecular flexibility index (Phi) is 3.18. The smallest absolute Gasteiger partial charge is 0.223 e. The molecule has 0 fully saturated rings. The summed E-state index contributed by atoms with van der Waals surface area (Å²) in [6.07, 6.45) is 3.12. The highest BCUT2D eigenvalue weighted by atomic mass is 35.5. The van der Waals surface area contributed by atoms with E-state index in [1.165, 1.54) is 0 Å². The van der Waals surface area contributed by atoms with Crippen LogP contribution >= 0.6 is 11.6 Å². The maximum absolute atomic E-state index is 13.8. The third-order valence-corrected chi connectivity index (χ3v) is 3.45. The fraction of sp³-hybridized carbons (Fsp3) is 0.200. The number of hydrogen-bond acceptors (Lipinski definition) is 2. The minimum absolute atomic E-state index is 0.0428. The standard InChI is InChI=1S/C15H13ClFN3/c1-9(2)20-6-5-10-7-11(3-4-13(10)20)14-12(17)8-18-15(16)19-14/h3-9H,1-2H3. The summed E-state index contributed by atoms with van der Waals surface area (Å²) in [6, 6.07) is 8.13. The molecule has 0 aliphatic rings. The van der Waals surface area contributed by atoms with Gasteiger partial charge in [0.25, 0.3) is 0 Å². The third kappa shape index (κ3) is 2.16. The molecule has 102 valence electrons. The molecule has 0 aliphatic carbocycles. The molecule has 5 heteroatoms. The fourth-order valence-electron chi connectivity index (χ4n) is 2.31. The maximum atomic E-state index is 13.8. The Morgan fingerprint density at radius 2 is 2.05 bits per heavy atom. The second-order valence-corrected chi connectivity index (χ2v) is 5.26. The van der Waals surface area contributed by atoms with Gasteiger partial charge in [0.15, 0.2) is 5.82 Å². The monoisotopic (exact) mass is 289 g/mol. The van der Waals surface area contributed by atoms with Gasteiger partial charge in [-0.1, -0.05) is 6.07 Å². The first kappa shape index (κ1) is 13.1. The summed E-state index contributed by atoms with van der Waals surface area (Å²) in [5.41, 5.74) is 2.04. The van der Waals surface area contributed by atoms with Crippen molar-refractivity contribution in [1.29, 1.82) is 0 Å². The first-order chi connectivity index (χ1) is 9.56. The van der Waals surface area contributed by atoms with Gasteiger partial charge in [0.1, 0.15) is 5.69 Å². The van der Waals surface area contributed by atoms with Crippen molar-refractivity contribution in [2.75, 3.05) is 0 Å². The molecule has 2 heterocycles. The Morgan fingerprint density at radius 3 is 2.80 bits per heavy atom. The topological polar surface area (TPSA) is 30.7 Å². The quantitative estimate of drug-likeness (QED) is 0.652. The Balaban J connectivity index is 2.16. The van der Waals surface area contributed by atoms with Gasteiger partial charge in [-0.15, -0.1) is 0 Å². The van der Waals surface area contributed by atoms with Gasteiger partial charge in [0.05, 0.1) is 6.20 Å². The zero-order chi connectivity index (χ0) is 14.3. The highest BCUT2D eigenvalue weighted by Crippen LogP contribution is 2.27. The molecule has 20 heavy (non-hydrogen) atoms. The molecule has 3 aromatic rings. The molecule has 3 rings (SSSR count). The van der Waals surface area contributed by atoms with E-state index in [9.17, 15) is 4.39 Å². The molecule has 2 aromatic heterocycles. The van der Waals surface area contributed by atoms with E-state index >= 15 is 0 Å². The predicted molar refractivity (Wildman–Crippen MR) is 78.3 cm³/mol. The second-order valence-electron chi connectivity index (χ2n) is 4.93. The van der Waals surface area contributed by atoms with E-state index in [4.69, 9.17) is 11.6 Å². The van der Waals surface area contributed by atoms with Gasteiger partial charge in [-0.2, -0.15) is 0 Å². The number of hydrogen-bond donors (Lipinski definition) is 0. The van der Waals surface area contributed by atoms with Gasteiger partial charge < -0.3 is 4.57 Å². The first-order valence-electron chi connectivity index (χ1n) is 6.35. The van der Waals surface area contributed by atoms with Crippen molar-refractivity contribution in [3.05, 3.63) is 47.8 Å². The molecule has 0 aliphatic heterocycles. The lowest BCUT2D eigenvalue weighted by atomic mass is 10.1. The normalized spacial score (nSPS) is 11.4. The molecule has 0 radical (unpaired) electrons. The number of fused-ring (bicyclic) bond motifs is 1. The van der Waals surface area contributed by atoms with Crippen LogP contribution in [0.5, 0.6) is 0 Å². The molecular weight excluding hydrogens is 277 g/mol. The second kappa shape index (κ2) is 4.87. The summed E-state index contributed by atoms with van der Waals surface area (Å²) in [6.45, 7) is 4.24. The lowest BCUT2D eigenvalue weighted by Gasteiger charge is -2.09. The molecule has 0 N–H and O–H groups in total. The average Bonchev–Trinajstić information content (AvgIpc) is 2.84. The van der Waals surface area contributed by atoms with E-state index in [1.54, 1.807) is 0 Å². The summed E-state index contributed by atoms with van der Waals surface area (Å²) in [7, 11) is 0. The zero-order valence-electron chi connectivity index (χ0n) is 11.1. The van der Waals surface area contributed by atoms with Gasteiger partial charge in [-0.3, -0.25) is 0 Å². The van der Waals surface area contributed by atoms with Crippen LogP contribution in [0.1, 0.15) is 19.9 Å². The van der Waals surface area contributed by atoms with E-state index in [0.717, 1.165) is 17.1 Å². The van der Waals surface area contributed by atoms with Crippen LogP contribution in [0.2, 0.25) is 5.28 Å². The number of rotatable bonds is 2. The van der Waals surface area contributed by atoms with E-state index in [2.05, 4.69) is 28.4 Å². The van der Waals surface area contributed by atoms with Gasteiger partial charge >= 0.3 is 0 Å². The van der Waals surface area contributed by atoms with E-state index in [0.29, 0.717) is 11.6 Å². The molecule has 0 saturated heterocycles. The summed E-state index contributed by atoms with van der Waals surface area (Å²) >= 11 is 5.74. The highest BCUT2D eigenvalue weighted by Gasteiger charge is 2.11. The minimum atomic E-state index is -0.475. The molecule has 0 saturated carbocycles. The predicted octanol–water partition coefficient (Wildman–Crippen LogP) is 4.47. The minimum Gasteiger partial charge on any atom is -0.345 e. The van der Waals surface area contributed by atoms with Crippen LogP contribution in [0, 0.1) is 5.82 Å². The van der Waals surface area contributed by atoms with Crippen LogP contribution in [0.4, 0.5) is 4.39 Å². The molecular formula is C15H13ClFN3. The Hall–Kier alpha value is -1.94. The van der Waals surface area contributed by atoms with Gasteiger partial charge in [0, 0.05) is 28.7 Å². The largest absolute Gasteiger partial charge is 0.345 e. The molecule has 0 amide bonds. The summed E-state index contributed by atoms with van der Waals surface area (Å²) < 4.78 is 16.0. The highest BCUT2D eigenvalue weighted by molar-refractivity contribution is 6.28. The van der Waals surface area contributed by atoms with Crippen LogP contribution < -0.4 is 0 Å². The Labute approximate surface area is 121 Å². The molecule has 0 bridgehead atoms. The van der Waals surface area contributed by atoms with Crippen LogP contribution in [0.3, 0.4) is 0 Å². The molecule has 0 atom stereocenters. The van der Waals surface area contributed by atoms with Crippen LogP contribution in [-0.4, -0.2) is 14.5 Å². The van der Waals surface area contributed by atoms with Crippen molar-refractivity contribution < 1.29 is 4.39 Å². The zero-order valence-corrected chi connectivity index (χ0v) is 11.9. The van der Waals surface area contributed by atoms with Crippen molar-refractivity contribution in [1.82, 2.24) is 14.5 Å².